The molecule has 1 atom stereocenters. The summed E-state index contributed by atoms with van der Waals surface area (Å²) >= 11 is 17.2. The van der Waals surface area contributed by atoms with E-state index in [0.717, 1.165) is 5.56 Å². The molecule has 0 unspecified atom stereocenters. The van der Waals surface area contributed by atoms with Crippen molar-refractivity contribution < 1.29 is 4.79 Å². The van der Waals surface area contributed by atoms with Gasteiger partial charge in [-0.3, -0.25) is 14.6 Å². The van der Waals surface area contributed by atoms with Gasteiger partial charge >= 0.3 is 0 Å². The molecule has 0 saturated heterocycles. The zero-order chi connectivity index (χ0) is 19.0. The molecule has 0 fully saturated rings. The lowest BCUT2D eigenvalue weighted by Gasteiger charge is -2.26. The molecule has 0 radical (unpaired) electrons. The first-order valence-electron chi connectivity index (χ1n) is 7.76. The third-order valence-corrected chi connectivity index (χ3v) is 5.07. The van der Waals surface area contributed by atoms with Gasteiger partial charge in [0.1, 0.15) is 0 Å². The number of aromatic nitrogens is 2. The third kappa shape index (κ3) is 3.53. The van der Waals surface area contributed by atoms with Crippen molar-refractivity contribution in [2.75, 3.05) is 7.05 Å². The number of H-pyrrole nitrogens is 2. The van der Waals surface area contributed by atoms with E-state index in [9.17, 15) is 9.59 Å². The van der Waals surface area contributed by atoms with E-state index < -0.39 is 0 Å². The van der Waals surface area contributed by atoms with Gasteiger partial charge < -0.3 is 9.88 Å². The Bertz CT molecular complexity index is 1120. The number of nitrogens with one attached hydrogen (secondary N) is 2. The molecule has 3 aromatic rings. The molecule has 0 saturated carbocycles. The average Bonchev–Trinajstić information content (AvgIpc) is 2.59. The number of rotatable bonds is 3. The summed E-state index contributed by atoms with van der Waals surface area (Å²) in [6.45, 7) is 1.88. The van der Waals surface area contributed by atoms with E-state index in [1.165, 1.54) is 0 Å². The molecule has 0 spiro atoms. The SMILES string of the molecule is C[C@H](c1ccc(Cl)cc1Cl)N(C)C(=O)c1ccc2c(=O)[nH]c(=S)[nH]c2c1. The van der Waals surface area contributed by atoms with E-state index in [1.54, 1.807) is 48.3 Å². The highest BCUT2D eigenvalue weighted by atomic mass is 35.5. The molecule has 2 aromatic carbocycles. The summed E-state index contributed by atoms with van der Waals surface area (Å²) in [5, 5.41) is 1.47. The van der Waals surface area contributed by atoms with Crippen molar-refractivity contribution in [3.63, 3.8) is 0 Å². The van der Waals surface area contributed by atoms with Crippen LogP contribution in [0.25, 0.3) is 10.9 Å². The number of halogens is 2. The van der Waals surface area contributed by atoms with Gasteiger partial charge in [-0.2, -0.15) is 0 Å². The summed E-state index contributed by atoms with van der Waals surface area (Å²) < 4.78 is 0.210. The smallest absolute Gasteiger partial charge is 0.259 e. The summed E-state index contributed by atoms with van der Waals surface area (Å²) in [6, 6.07) is 9.76. The van der Waals surface area contributed by atoms with Crippen LogP contribution in [0.3, 0.4) is 0 Å². The minimum atomic E-state index is -0.294. The topological polar surface area (TPSA) is 69.0 Å². The fourth-order valence-corrected chi connectivity index (χ4v) is 3.50. The van der Waals surface area contributed by atoms with Crippen molar-refractivity contribution in [1.29, 1.82) is 0 Å². The van der Waals surface area contributed by atoms with Crippen molar-refractivity contribution in [2.24, 2.45) is 0 Å². The summed E-state index contributed by atoms with van der Waals surface area (Å²) in [4.78, 5) is 31.8. The van der Waals surface area contributed by atoms with E-state index >= 15 is 0 Å². The van der Waals surface area contributed by atoms with Crippen LogP contribution >= 0.6 is 35.4 Å². The van der Waals surface area contributed by atoms with Crippen LogP contribution in [0.2, 0.25) is 10.0 Å². The van der Waals surface area contributed by atoms with Gasteiger partial charge in [-0.05, 0) is 55.0 Å². The normalized spacial score (nSPS) is 12.2. The quantitative estimate of drug-likeness (QED) is 0.616. The minimum Gasteiger partial charge on any atom is -0.335 e. The maximum atomic E-state index is 12.9. The lowest BCUT2D eigenvalue weighted by molar-refractivity contribution is 0.0743. The van der Waals surface area contributed by atoms with Gasteiger partial charge in [-0.25, -0.2) is 0 Å². The van der Waals surface area contributed by atoms with Crippen molar-refractivity contribution in [3.05, 3.63) is 72.7 Å². The highest BCUT2D eigenvalue weighted by molar-refractivity contribution is 7.71. The van der Waals surface area contributed by atoms with Crippen LogP contribution in [0.4, 0.5) is 0 Å². The van der Waals surface area contributed by atoms with Crippen molar-refractivity contribution in [1.82, 2.24) is 14.9 Å². The molecule has 1 amide bonds. The van der Waals surface area contributed by atoms with Crippen LogP contribution in [-0.4, -0.2) is 27.8 Å². The average molecular weight is 408 g/mol. The van der Waals surface area contributed by atoms with E-state index in [1.807, 2.05) is 6.92 Å². The van der Waals surface area contributed by atoms with Crippen LogP contribution in [0.15, 0.2) is 41.2 Å². The lowest BCUT2D eigenvalue weighted by atomic mass is 10.1. The van der Waals surface area contributed by atoms with Crippen molar-refractivity contribution >= 4 is 52.2 Å². The molecule has 0 bridgehead atoms. The second kappa shape index (κ2) is 7.23. The van der Waals surface area contributed by atoms with Gasteiger partial charge in [0.2, 0.25) is 0 Å². The first-order chi connectivity index (χ1) is 12.3. The third-order valence-electron chi connectivity index (χ3n) is 4.30. The monoisotopic (exact) mass is 407 g/mol. The zero-order valence-electron chi connectivity index (χ0n) is 14.0. The Morgan fingerprint density at radius 1 is 1.15 bits per heavy atom. The molecule has 8 heteroatoms. The summed E-state index contributed by atoms with van der Waals surface area (Å²) in [5.74, 6) is -0.204. The van der Waals surface area contributed by atoms with Crippen LogP contribution in [0.5, 0.6) is 0 Å². The second-order valence-electron chi connectivity index (χ2n) is 5.93. The molecular weight excluding hydrogens is 393 g/mol. The van der Waals surface area contributed by atoms with E-state index in [0.29, 0.717) is 26.5 Å². The highest BCUT2D eigenvalue weighted by Crippen LogP contribution is 2.30. The Balaban J connectivity index is 1.96. The van der Waals surface area contributed by atoms with Crippen LogP contribution in [0.1, 0.15) is 28.9 Å². The van der Waals surface area contributed by atoms with Gasteiger partial charge in [-0.1, -0.05) is 29.3 Å². The van der Waals surface area contributed by atoms with E-state index in [-0.39, 0.29) is 22.3 Å². The van der Waals surface area contributed by atoms with E-state index in [4.69, 9.17) is 35.4 Å². The summed E-state index contributed by atoms with van der Waals surface area (Å²) in [7, 11) is 1.70. The van der Waals surface area contributed by atoms with Crippen LogP contribution < -0.4 is 5.56 Å². The minimum absolute atomic E-state index is 0.204. The maximum absolute atomic E-state index is 12.9. The number of nitrogens with zero attached hydrogens (tertiary/aromatic N) is 1. The Hall–Kier alpha value is -2.15. The molecule has 0 aliphatic rings. The Morgan fingerprint density at radius 3 is 2.58 bits per heavy atom. The standard InChI is InChI=1S/C18H15Cl2N3O2S/c1-9(12-6-4-11(19)8-14(12)20)23(2)17(25)10-3-5-13-15(7-10)21-18(26)22-16(13)24/h3-9H,1-2H3,(H2,21,22,24,26)/t9-/m1/s1. The summed E-state index contributed by atoms with van der Waals surface area (Å²) in [5.41, 5.74) is 1.45. The van der Waals surface area contributed by atoms with Crippen LogP contribution in [0, 0.1) is 4.77 Å². The molecule has 1 aromatic heterocycles. The second-order valence-corrected chi connectivity index (χ2v) is 7.18. The van der Waals surface area contributed by atoms with Gasteiger partial charge in [0.15, 0.2) is 4.77 Å². The molecule has 134 valence electrons. The molecule has 0 aliphatic carbocycles. The fraction of sp³-hybridized carbons (Fsp3) is 0.167. The molecule has 0 aliphatic heterocycles. The van der Waals surface area contributed by atoms with Gasteiger partial charge in [0, 0.05) is 22.7 Å². The number of benzene rings is 2. The Kier molecular flexibility index (Phi) is 5.18. The zero-order valence-corrected chi connectivity index (χ0v) is 16.3. The molecule has 3 rings (SSSR count). The van der Waals surface area contributed by atoms with Crippen molar-refractivity contribution in [3.8, 4) is 0 Å². The molecule has 1 heterocycles. The number of aromatic amines is 2. The maximum Gasteiger partial charge on any atom is 0.259 e. The number of fused-ring (bicyclic) bond motifs is 1. The van der Waals surface area contributed by atoms with Gasteiger partial charge in [0.05, 0.1) is 16.9 Å². The van der Waals surface area contributed by atoms with Gasteiger partial charge in [-0.15, -0.1) is 0 Å². The molecule has 5 nitrogen and oxygen atoms in total. The highest BCUT2D eigenvalue weighted by Gasteiger charge is 2.21. The summed E-state index contributed by atoms with van der Waals surface area (Å²) in [6.07, 6.45) is 0. The number of hydrogen-bond acceptors (Lipinski definition) is 3. The predicted octanol–water partition coefficient (Wildman–Crippen LogP) is 4.73. The number of hydrogen-bond donors (Lipinski definition) is 2. The Morgan fingerprint density at radius 2 is 1.88 bits per heavy atom. The van der Waals surface area contributed by atoms with Crippen LogP contribution in [-0.2, 0) is 0 Å². The fourth-order valence-electron chi connectivity index (χ4n) is 2.73. The molecule has 2 N–H and O–H groups in total. The first-order valence-corrected chi connectivity index (χ1v) is 8.93. The predicted molar refractivity (Wildman–Crippen MR) is 107 cm³/mol. The van der Waals surface area contributed by atoms with E-state index in [2.05, 4.69) is 9.97 Å². The number of carbonyl (C=O) groups is 1. The largest absolute Gasteiger partial charge is 0.335 e. The first kappa shape index (κ1) is 18.6. The Labute approximate surface area is 164 Å². The number of carbonyl (C=O) groups excluding carboxylic acids is 1. The van der Waals surface area contributed by atoms with Crippen molar-refractivity contribution in [2.45, 2.75) is 13.0 Å². The molecular formula is C18H15Cl2N3O2S. The van der Waals surface area contributed by atoms with Gasteiger partial charge in [0.25, 0.3) is 11.5 Å². The lowest BCUT2D eigenvalue weighted by Crippen LogP contribution is -2.30. The number of amides is 1. The molecule has 26 heavy (non-hydrogen) atoms.